The quantitative estimate of drug-likeness (QED) is 0.769. The number of carbonyl (C=O) groups is 1. The summed E-state index contributed by atoms with van der Waals surface area (Å²) >= 11 is 0. The molecule has 3 heteroatoms. The van der Waals surface area contributed by atoms with Crippen LogP contribution in [0.2, 0.25) is 0 Å². The average molecular weight is 263 g/mol. The number of nitrogens with zero attached hydrogens (tertiary/aromatic N) is 1. The minimum atomic E-state index is 0.160. The van der Waals surface area contributed by atoms with E-state index < -0.39 is 0 Å². The zero-order valence-electron chi connectivity index (χ0n) is 12.4. The fraction of sp³-hybridized carbons (Fsp3) is 0.562. The van der Waals surface area contributed by atoms with Crippen LogP contribution in [0.15, 0.2) is 18.2 Å². The molecule has 0 unspecified atom stereocenters. The molecule has 0 aliphatic carbocycles. The van der Waals surface area contributed by atoms with Crippen LogP contribution in [-0.2, 0) is 0 Å². The number of hydrogen-bond acceptors (Lipinski definition) is 3. The molecule has 1 rings (SSSR count). The van der Waals surface area contributed by atoms with Crippen LogP contribution in [0.3, 0.4) is 0 Å². The molecule has 0 heterocycles. The maximum atomic E-state index is 12.4. The lowest BCUT2D eigenvalue weighted by Gasteiger charge is -2.25. The fourth-order valence-electron chi connectivity index (χ4n) is 2.10. The van der Waals surface area contributed by atoms with Gasteiger partial charge in [0.25, 0.3) is 0 Å². The van der Waals surface area contributed by atoms with Gasteiger partial charge < -0.3 is 5.11 Å². The van der Waals surface area contributed by atoms with Crippen molar-refractivity contribution >= 4 is 5.78 Å². The summed E-state index contributed by atoms with van der Waals surface area (Å²) in [6, 6.07) is 6.29. The molecule has 1 N–H and O–H groups in total. The first kappa shape index (κ1) is 15.9. The van der Waals surface area contributed by atoms with Crippen LogP contribution in [0.1, 0.15) is 41.8 Å². The van der Waals surface area contributed by atoms with Crippen LogP contribution in [-0.4, -0.2) is 41.5 Å². The molecule has 1 aromatic rings. The number of hydrogen-bond donors (Lipinski definition) is 1. The predicted octanol–water partition coefficient (Wildman–Crippen LogP) is 2.58. The van der Waals surface area contributed by atoms with Gasteiger partial charge in [0.05, 0.1) is 6.54 Å². The summed E-state index contributed by atoms with van der Waals surface area (Å²) < 4.78 is 0. The Labute approximate surface area is 116 Å². The minimum Gasteiger partial charge on any atom is -0.396 e. The molecule has 0 aliphatic heterocycles. The normalized spacial score (nSPS) is 11.3. The average Bonchev–Trinajstić information content (AvgIpc) is 2.36. The molecule has 0 saturated heterocycles. The van der Waals surface area contributed by atoms with E-state index in [4.69, 9.17) is 5.11 Å². The zero-order chi connectivity index (χ0) is 14.4. The number of aliphatic hydroxyl groups excluding tert-OH is 1. The number of aryl methyl sites for hydroxylation is 2. The van der Waals surface area contributed by atoms with Gasteiger partial charge in [0.15, 0.2) is 5.78 Å². The lowest BCUT2D eigenvalue weighted by Crippen LogP contribution is -2.37. The first-order valence-electron chi connectivity index (χ1n) is 6.91. The van der Waals surface area contributed by atoms with Gasteiger partial charge in [0.2, 0.25) is 0 Å². The Morgan fingerprint density at radius 3 is 2.58 bits per heavy atom. The van der Waals surface area contributed by atoms with Crippen molar-refractivity contribution in [3.05, 3.63) is 34.9 Å². The van der Waals surface area contributed by atoms with Crippen molar-refractivity contribution < 1.29 is 9.90 Å². The second kappa shape index (κ2) is 7.41. The standard InChI is InChI=1S/C16H25NO2/c1-12(2)17(8-5-9-18)11-16(19)15-10-13(3)6-7-14(15)4/h6-7,10,12,18H,5,8-9,11H2,1-4H3. The van der Waals surface area contributed by atoms with E-state index in [1.54, 1.807) is 0 Å². The largest absolute Gasteiger partial charge is 0.396 e. The Hall–Kier alpha value is -1.19. The summed E-state index contributed by atoms with van der Waals surface area (Å²) in [7, 11) is 0. The van der Waals surface area contributed by atoms with E-state index in [-0.39, 0.29) is 12.4 Å². The molecule has 0 bridgehead atoms. The van der Waals surface area contributed by atoms with Gasteiger partial charge in [-0.05, 0) is 45.7 Å². The Morgan fingerprint density at radius 1 is 1.32 bits per heavy atom. The Morgan fingerprint density at radius 2 is 2.00 bits per heavy atom. The second-order valence-electron chi connectivity index (χ2n) is 5.38. The maximum absolute atomic E-state index is 12.4. The molecular weight excluding hydrogens is 238 g/mol. The number of benzene rings is 1. The van der Waals surface area contributed by atoms with Gasteiger partial charge in [0.1, 0.15) is 0 Å². The fourth-order valence-corrected chi connectivity index (χ4v) is 2.10. The number of rotatable bonds is 7. The van der Waals surface area contributed by atoms with E-state index in [9.17, 15) is 4.79 Å². The Balaban J connectivity index is 2.78. The number of ketones is 1. The zero-order valence-corrected chi connectivity index (χ0v) is 12.4. The van der Waals surface area contributed by atoms with E-state index >= 15 is 0 Å². The van der Waals surface area contributed by atoms with E-state index in [2.05, 4.69) is 18.7 Å². The number of Topliss-reactive ketones (excluding diaryl/α,β-unsaturated/α-hetero) is 1. The highest BCUT2D eigenvalue weighted by Crippen LogP contribution is 2.13. The van der Waals surface area contributed by atoms with Crippen molar-refractivity contribution in [1.82, 2.24) is 4.90 Å². The summed E-state index contributed by atoms with van der Waals surface area (Å²) in [5.41, 5.74) is 2.96. The molecule has 106 valence electrons. The van der Waals surface area contributed by atoms with Crippen LogP contribution >= 0.6 is 0 Å². The Kier molecular flexibility index (Phi) is 6.19. The monoisotopic (exact) mass is 263 g/mol. The van der Waals surface area contributed by atoms with E-state index in [1.165, 1.54) is 0 Å². The van der Waals surface area contributed by atoms with Crippen molar-refractivity contribution in [3.63, 3.8) is 0 Å². The summed E-state index contributed by atoms with van der Waals surface area (Å²) in [4.78, 5) is 14.5. The van der Waals surface area contributed by atoms with Gasteiger partial charge in [-0.1, -0.05) is 17.7 Å². The van der Waals surface area contributed by atoms with Gasteiger partial charge in [-0.25, -0.2) is 0 Å². The molecule has 0 aliphatic rings. The smallest absolute Gasteiger partial charge is 0.177 e. The molecular formula is C16H25NO2. The molecule has 1 aromatic carbocycles. The first-order chi connectivity index (χ1) is 8.95. The van der Waals surface area contributed by atoms with Crippen molar-refractivity contribution in [2.75, 3.05) is 19.7 Å². The van der Waals surface area contributed by atoms with Crippen molar-refractivity contribution in [2.45, 2.75) is 40.2 Å². The van der Waals surface area contributed by atoms with Gasteiger partial charge in [-0.15, -0.1) is 0 Å². The third-order valence-electron chi connectivity index (χ3n) is 3.37. The predicted molar refractivity (Wildman–Crippen MR) is 78.7 cm³/mol. The minimum absolute atomic E-state index is 0.160. The molecule has 19 heavy (non-hydrogen) atoms. The topological polar surface area (TPSA) is 40.5 Å². The van der Waals surface area contributed by atoms with Crippen molar-refractivity contribution in [3.8, 4) is 0 Å². The third-order valence-corrected chi connectivity index (χ3v) is 3.37. The van der Waals surface area contributed by atoms with E-state index in [1.807, 2.05) is 32.0 Å². The first-order valence-corrected chi connectivity index (χ1v) is 6.91. The lowest BCUT2D eigenvalue weighted by molar-refractivity contribution is 0.0896. The van der Waals surface area contributed by atoms with Crippen LogP contribution < -0.4 is 0 Å². The van der Waals surface area contributed by atoms with Crippen molar-refractivity contribution in [1.29, 1.82) is 0 Å². The molecule has 0 aromatic heterocycles. The molecule has 0 spiro atoms. The number of aliphatic hydroxyl groups is 1. The summed E-state index contributed by atoms with van der Waals surface area (Å²) in [5, 5.41) is 8.92. The number of carbonyl (C=O) groups excluding carboxylic acids is 1. The molecule has 0 atom stereocenters. The summed E-state index contributed by atoms with van der Waals surface area (Å²) in [5.74, 6) is 0.160. The highest BCUT2D eigenvalue weighted by atomic mass is 16.3. The summed E-state index contributed by atoms with van der Waals surface area (Å²) in [6.45, 7) is 9.47. The highest BCUT2D eigenvalue weighted by Gasteiger charge is 2.16. The van der Waals surface area contributed by atoms with Crippen molar-refractivity contribution in [2.24, 2.45) is 0 Å². The molecule has 0 amide bonds. The maximum Gasteiger partial charge on any atom is 0.177 e. The molecule has 3 nitrogen and oxygen atoms in total. The van der Waals surface area contributed by atoms with Crippen LogP contribution in [0.4, 0.5) is 0 Å². The Bertz CT molecular complexity index is 427. The van der Waals surface area contributed by atoms with E-state index in [0.717, 1.165) is 23.2 Å². The van der Waals surface area contributed by atoms with Crippen LogP contribution in [0, 0.1) is 13.8 Å². The molecule has 0 fully saturated rings. The van der Waals surface area contributed by atoms with Gasteiger partial charge in [-0.3, -0.25) is 9.69 Å². The van der Waals surface area contributed by atoms with Crippen LogP contribution in [0.5, 0.6) is 0 Å². The molecule has 0 saturated carbocycles. The van der Waals surface area contributed by atoms with Gasteiger partial charge in [-0.2, -0.15) is 0 Å². The van der Waals surface area contributed by atoms with Crippen LogP contribution in [0.25, 0.3) is 0 Å². The summed E-state index contributed by atoms with van der Waals surface area (Å²) in [6.07, 6.45) is 0.707. The highest BCUT2D eigenvalue weighted by molar-refractivity contribution is 5.99. The molecule has 0 radical (unpaired) electrons. The van der Waals surface area contributed by atoms with Gasteiger partial charge >= 0.3 is 0 Å². The van der Waals surface area contributed by atoms with Gasteiger partial charge in [0, 0.05) is 24.8 Å². The third kappa shape index (κ3) is 4.77. The lowest BCUT2D eigenvalue weighted by atomic mass is 10.0. The second-order valence-corrected chi connectivity index (χ2v) is 5.38. The SMILES string of the molecule is Cc1ccc(C)c(C(=O)CN(CCCO)C(C)C)c1. The van der Waals surface area contributed by atoms with E-state index in [0.29, 0.717) is 19.0 Å².